The van der Waals surface area contributed by atoms with Crippen LogP contribution in [0, 0.1) is 17.3 Å². The van der Waals surface area contributed by atoms with Crippen LogP contribution < -0.4 is 4.74 Å². The van der Waals surface area contributed by atoms with E-state index in [4.69, 9.17) is 55.9 Å². The molecule has 7 heteroatoms. The van der Waals surface area contributed by atoms with Crippen LogP contribution in [0.2, 0.25) is 5.02 Å². The fourth-order valence-corrected chi connectivity index (χ4v) is 5.54. The molecule has 3 nitrogen and oxygen atoms in total. The monoisotopic (exact) mass is 536 g/mol. The SMILES string of the molecule is CC1(C)[C@@H](C(=O)OCc2cccc(Oc3ccccc3)c2)[C@@H]1C(Cl)C(Cl)(Cl)c1ccc(Cl)cc1. The Labute approximate surface area is 219 Å². The van der Waals surface area contributed by atoms with E-state index in [9.17, 15) is 4.79 Å². The van der Waals surface area contributed by atoms with Gasteiger partial charge in [0.15, 0.2) is 4.33 Å². The second kappa shape index (κ2) is 9.99. The Balaban J connectivity index is 1.40. The Bertz CT molecular complexity index is 1150. The molecule has 0 N–H and O–H groups in total. The molecule has 3 aromatic rings. The zero-order valence-electron chi connectivity index (χ0n) is 18.7. The van der Waals surface area contributed by atoms with E-state index in [1.54, 1.807) is 24.3 Å². The van der Waals surface area contributed by atoms with Crippen molar-refractivity contribution in [3.8, 4) is 11.5 Å². The molecule has 3 atom stereocenters. The maximum atomic E-state index is 13.0. The summed E-state index contributed by atoms with van der Waals surface area (Å²) >= 11 is 26.1. The van der Waals surface area contributed by atoms with Crippen LogP contribution in [0.4, 0.5) is 0 Å². The molecule has 3 aromatic carbocycles. The predicted molar refractivity (Wildman–Crippen MR) is 138 cm³/mol. The number of benzene rings is 3. The first-order valence-corrected chi connectivity index (χ1v) is 12.4. The Morgan fingerprint density at radius 2 is 1.62 bits per heavy atom. The molecule has 0 heterocycles. The number of alkyl halides is 3. The van der Waals surface area contributed by atoms with Gasteiger partial charge in [0.05, 0.1) is 11.3 Å². The van der Waals surface area contributed by atoms with Gasteiger partial charge in [0.25, 0.3) is 0 Å². The Hall–Kier alpha value is -1.91. The summed E-state index contributed by atoms with van der Waals surface area (Å²) in [6.45, 7) is 4.07. The molecule has 4 rings (SSSR count). The molecule has 1 unspecified atom stereocenters. The Morgan fingerprint density at radius 1 is 0.971 bits per heavy atom. The number of para-hydroxylation sites is 1. The van der Waals surface area contributed by atoms with Crippen molar-refractivity contribution >= 4 is 52.4 Å². The molecule has 0 bridgehead atoms. The van der Waals surface area contributed by atoms with E-state index in [2.05, 4.69) is 0 Å². The van der Waals surface area contributed by atoms with Crippen LogP contribution >= 0.6 is 46.4 Å². The molecule has 1 aliphatic carbocycles. The maximum absolute atomic E-state index is 13.0. The largest absolute Gasteiger partial charge is 0.461 e. The summed E-state index contributed by atoms with van der Waals surface area (Å²) in [7, 11) is 0. The van der Waals surface area contributed by atoms with Gasteiger partial charge in [-0.15, -0.1) is 11.6 Å². The topological polar surface area (TPSA) is 35.5 Å². The van der Waals surface area contributed by atoms with Gasteiger partial charge in [-0.3, -0.25) is 4.79 Å². The zero-order chi connectivity index (χ0) is 24.5. The van der Waals surface area contributed by atoms with E-state index in [0.717, 1.165) is 11.3 Å². The summed E-state index contributed by atoms with van der Waals surface area (Å²) in [5.41, 5.74) is 1.05. The van der Waals surface area contributed by atoms with Crippen molar-refractivity contribution in [3.63, 3.8) is 0 Å². The van der Waals surface area contributed by atoms with Crippen molar-refractivity contribution in [3.05, 3.63) is 95.0 Å². The lowest BCUT2D eigenvalue weighted by Gasteiger charge is -2.27. The summed E-state index contributed by atoms with van der Waals surface area (Å²) in [6, 6.07) is 23.8. The summed E-state index contributed by atoms with van der Waals surface area (Å²) in [5.74, 6) is 0.416. The van der Waals surface area contributed by atoms with E-state index in [0.29, 0.717) is 16.3 Å². The van der Waals surface area contributed by atoms with Crippen LogP contribution in [0.25, 0.3) is 0 Å². The standard InChI is InChI=1S/C27H24Cl4O3/c1-26(2)22(24(29)27(30,31)18-11-13-19(28)14-12-18)23(26)25(32)33-16-17-7-6-10-21(15-17)34-20-8-4-3-5-9-20/h3-15,22-24H,16H2,1-2H3/t22-,23-,24?/m1/s1. The smallest absolute Gasteiger partial charge is 0.310 e. The third-order valence-corrected chi connectivity index (χ3v) is 8.29. The molecular formula is C27H24Cl4O3. The van der Waals surface area contributed by atoms with Gasteiger partial charge in [-0.05, 0) is 58.9 Å². The van der Waals surface area contributed by atoms with Crippen molar-refractivity contribution in [2.45, 2.75) is 30.2 Å². The summed E-state index contributed by atoms with van der Waals surface area (Å²) < 4.78 is 10.1. The molecule has 0 saturated heterocycles. The van der Waals surface area contributed by atoms with Crippen LogP contribution in [0.5, 0.6) is 11.5 Å². The lowest BCUT2D eigenvalue weighted by molar-refractivity contribution is -0.147. The number of hydrogen-bond donors (Lipinski definition) is 0. The van der Waals surface area contributed by atoms with Crippen molar-refractivity contribution in [2.75, 3.05) is 0 Å². The third kappa shape index (κ3) is 5.33. The minimum atomic E-state index is -1.38. The van der Waals surface area contributed by atoms with Crippen molar-refractivity contribution in [1.29, 1.82) is 0 Å². The first kappa shape index (κ1) is 25.2. The second-order valence-electron chi connectivity index (χ2n) is 9.03. The maximum Gasteiger partial charge on any atom is 0.310 e. The lowest BCUT2D eigenvalue weighted by Crippen LogP contribution is -2.28. The number of hydrogen-bond acceptors (Lipinski definition) is 3. The van der Waals surface area contributed by atoms with E-state index in [1.807, 2.05) is 68.4 Å². The third-order valence-electron chi connectivity index (χ3n) is 6.31. The number of esters is 1. The highest BCUT2D eigenvalue weighted by atomic mass is 35.5. The van der Waals surface area contributed by atoms with E-state index >= 15 is 0 Å². The number of carbonyl (C=O) groups excluding carboxylic acids is 1. The van der Waals surface area contributed by atoms with Crippen LogP contribution in [0.1, 0.15) is 25.0 Å². The van der Waals surface area contributed by atoms with Crippen LogP contribution in [-0.2, 0) is 20.5 Å². The quantitative estimate of drug-likeness (QED) is 0.214. The molecule has 34 heavy (non-hydrogen) atoms. The van der Waals surface area contributed by atoms with Crippen LogP contribution in [-0.4, -0.2) is 11.3 Å². The number of halogens is 4. The average molecular weight is 538 g/mol. The van der Waals surface area contributed by atoms with Gasteiger partial charge in [-0.25, -0.2) is 0 Å². The minimum absolute atomic E-state index is 0.126. The van der Waals surface area contributed by atoms with Gasteiger partial charge in [0.1, 0.15) is 18.1 Å². The van der Waals surface area contributed by atoms with Gasteiger partial charge in [-0.2, -0.15) is 0 Å². The highest BCUT2D eigenvalue weighted by Gasteiger charge is 2.68. The van der Waals surface area contributed by atoms with Crippen molar-refractivity contribution in [2.24, 2.45) is 17.3 Å². The van der Waals surface area contributed by atoms with Gasteiger partial charge in [-0.1, -0.05) is 91.1 Å². The normalized spacial score (nSPS) is 19.8. The van der Waals surface area contributed by atoms with Gasteiger partial charge >= 0.3 is 5.97 Å². The molecular weight excluding hydrogens is 514 g/mol. The average Bonchev–Trinajstić information content (AvgIpc) is 3.39. The first-order chi connectivity index (χ1) is 16.1. The molecule has 178 valence electrons. The predicted octanol–water partition coefficient (Wildman–Crippen LogP) is 8.39. The summed E-state index contributed by atoms with van der Waals surface area (Å²) in [5, 5.41) is -0.127. The fourth-order valence-electron chi connectivity index (χ4n) is 4.30. The van der Waals surface area contributed by atoms with Gasteiger partial charge < -0.3 is 9.47 Å². The molecule has 0 aliphatic heterocycles. The molecule has 1 fully saturated rings. The minimum Gasteiger partial charge on any atom is -0.461 e. The molecule has 0 aromatic heterocycles. The zero-order valence-corrected chi connectivity index (χ0v) is 21.7. The number of ether oxygens (including phenoxy) is 2. The van der Waals surface area contributed by atoms with E-state index < -0.39 is 21.0 Å². The Kier molecular flexibility index (Phi) is 7.40. The van der Waals surface area contributed by atoms with Gasteiger partial charge in [0, 0.05) is 5.02 Å². The first-order valence-electron chi connectivity index (χ1n) is 10.9. The highest BCUT2D eigenvalue weighted by molar-refractivity contribution is 6.52. The van der Waals surface area contributed by atoms with Crippen molar-refractivity contribution in [1.82, 2.24) is 0 Å². The Morgan fingerprint density at radius 3 is 2.29 bits per heavy atom. The van der Waals surface area contributed by atoms with Crippen molar-refractivity contribution < 1.29 is 14.3 Å². The molecule has 1 saturated carbocycles. The van der Waals surface area contributed by atoms with Crippen LogP contribution in [0.15, 0.2) is 78.9 Å². The molecule has 0 amide bonds. The van der Waals surface area contributed by atoms with E-state index in [-0.39, 0.29) is 18.5 Å². The number of carbonyl (C=O) groups is 1. The number of rotatable bonds is 8. The molecule has 1 aliphatic rings. The summed E-state index contributed by atoms with van der Waals surface area (Å²) in [4.78, 5) is 13.0. The molecule has 0 spiro atoms. The van der Waals surface area contributed by atoms with Gasteiger partial charge in [0.2, 0.25) is 0 Å². The highest BCUT2D eigenvalue weighted by Crippen LogP contribution is 2.65. The second-order valence-corrected chi connectivity index (χ2v) is 11.3. The summed E-state index contributed by atoms with van der Waals surface area (Å²) in [6.07, 6.45) is 0. The lowest BCUT2D eigenvalue weighted by atomic mass is 10.0. The van der Waals surface area contributed by atoms with Crippen LogP contribution in [0.3, 0.4) is 0 Å². The van der Waals surface area contributed by atoms with E-state index in [1.165, 1.54) is 0 Å². The fraction of sp³-hybridized carbons (Fsp3) is 0.296. The molecule has 0 radical (unpaired) electrons.